The molecule has 5 rings (SSSR count). The predicted molar refractivity (Wildman–Crippen MR) is 204 cm³/mol. The van der Waals surface area contributed by atoms with Crippen LogP contribution in [0.25, 0.3) is 11.1 Å². The van der Waals surface area contributed by atoms with Crippen LogP contribution in [0.2, 0.25) is 15.1 Å². The molecule has 16 heteroatoms. The van der Waals surface area contributed by atoms with Crippen LogP contribution in [-0.2, 0) is 29.1 Å². The van der Waals surface area contributed by atoms with Crippen LogP contribution in [0.15, 0.2) is 60.7 Å². The smallest absolute Gasteiger partial charge is 0.306 e. The van der Waals surface area contributed by atoms with Gasteiger partial charge in [0, 0.05) is 48.0 Å². The molecule has 0 fully saturated rings. The lowest BCUT2D eigenvalue weighted by Gasteiger charge is -2.18. The van der Waals surface area contributed by atoms with Crippen LogP contribution in [-0.4, -0.2) is 75.7 Å². The molecular weight excluding hydrogens is 763 g/mol. The number of hydrogen-bond donors (Lipinski definition) is 7. The number of anilines is 1. The Bertz CT molecular complexity index is 2020. The van der Waals surface area contributed by atoms with E-state index in [1.54, 1.807) is 36.4 Å². The van der Waals surface area contributed by atoms with Gasteiger partial charge in [0.25, 0.3) is 5.91 Å². The number of carbonyl (C=O) groups is 3. The SMILES string of the molecule is COc1nc(O[C@H]2CCc3c(-c4cccc(C(=O)Nc5ccc(CNC[C@@H](O)CC(=O)O)c(Cl)c5)c4Cl)cccc32)c(Cl)cc1CNC[C@@H](O)CC(=O)O. The van der Waals surface area contributed by atoms with Crippen molar-refractivity contribution < 1.29 is 44.3 Å². The fraction of sp³-hybridized carbons (Fsp3) is 0.316. The molecule has 0 saturated heterocycles. The normalized spacial score (nSPS) is 14.6. The van der Waals surface area contributed by atoms with E-state index in [1.165, 1.54) is 7.11 Å². The van der Waals surface area contributed by atoms with Crippen molar-refractivity contribution in [2.24, 2.45) is 0 Å². The Kier molecular flexibility index (Phi) is 14.1. The Morgan fingerprint density at radius 1 is 0.833 bits per heavy atom. The van der Waals surface area contributed by atoms with E-state index in [0.29, 0.717) is 40.2 Å². The molecule has 1 aromatic heterocycles. The number of benzene rings is 3. The molecule has 0 spiro atoms. The number of methoxy groups -OCH3 is 1. The summed E-state index contributed by atoms with van der Waals surface area (Å²) in [6, 6.07) is 17.7. The van der Waals surface area contributed by atoms with Crippen LogP contribution in [0.3, 0.4) is 0 Å². The number of hydrogen-bond acceptors (Lipinski definition) is 10. The summed E-state index contributed by atoms with van der Waals surface area (Å²) >= 11 is 20.0. The first-order valence-corrected chi connectivity index (χ1v) is 18.1. The van der Waals surface area contributed by atoms with Gasteiger partial charge < -0.3 is 45.9 Å². The number of carbonyl (C=O) groups excluding carboxylic acids is 1. The van der Waals surface area contributed by atoms with Gasteiger partial charge in [0.2, 0.25) is 11.8 Å². The third-order valence-electron chi connectivity index (χ3n) is 8.70. The topological polar surface area (TPSA) is 200 Å². The van der Waals surface area contributed by atoms with Crippen molar-refractivity contribution in [1.82, 2.24) is 15.6 Å². The number of amides is 1. The summed E-state index contributed by atoms with van der Waals surface area (Å²) in [6.07, 6.45) is -1.93. The maximum atomic E-state index is 13.5. The zero-order valence-corrected chi connectivity index (χ0v) is 31.3. The molecule has 0 saturated carbocycles. The Morgan fingerprint density at radius 3 is 2.13 bits per heavy atom. The lowest BCUT2D eigenvalue weighted by Crippen LogP contribution is -2.28. The summed E-state index contributed by atoms with van der Waals surface area (Å²) < 4.78 is 11.8. The van der Waals surface area contributed by atoms with Gasteiger partial charge in [-0.3, -0.25) is 14.4 Å². The maximum absolute atomic E-state index is 13.5. The second-order valence-corrected chi connectivity index (χ2v) is 13.8. The number of pyridine rings is 1. The predicted octanol–water partition coefficient (Wildman–Crippen LogP) is 5.89. The van der Waals surface area contributed by atoms with Gasteiger partial charge in [0.15, 0.2) is 0 Å². The van der Waals surface area contributed by atoms with Gasteiger partial charge in [-0.2, -0.15) is 4.98 Å². The van der Waals surface area contributed by atoms with Crippen molar-refractivity contribution in [3.63, 3.8) is 0 Å². The minimum Gasteiger partial charge on any atom is -0.481 e. The molecule has 286 valence electrons. The van der Waals surface area contributed by atoms with Gasteiger partial charge in [-0.05, 0) is 59.4 Å². The highest BCUT2D eigenvalue weighted by Gasteiger charge is 2.29. The van der Waals surface area contributed by atoms with E-state index in [0.717, 1.165) is 16.7 Å². The lowest BCUT2D eigenvalue weighted by atomic mass is 9.95. The van der Waals surface area contributed by atoms with Gasteiger partial charge >= 0.3 is 11.9 Å². The minimum absolute atomic E-state index is 0.0549. The van der Waals surface area contributed by atoms with Crippen molar-refractivity contribution in [3.05, 3.63) is 104 Å². The van der Waals surface area contributed by atoms with Crippen LogP contribution < -0.4 is 25.4 Å². The highest BCUT2D eigenvalue weighted by molar-refractivity contribution is 6.37. The van der Waals surface area contributed by atoms with E-state index >= 15 is 0 Å². The highest BCUT2D eigenvalue weighted by Crippen LogP contribution is 2.43. The van der Waals surface area contributed by atoms with Crippen molar-refractivity contribution in [1.29, 1.82) is 0 Å². The zero-order valence-electron chi connectivity index (χ0n) is 29.1. The number of aliphatic hydroxyl groups is 2. The van der Waals surface area contributed by atoms with Gasteiger partial charge in [0.05, 0.1) is 42.7 Å². The maximum Gasteiger partial charge on any atom is 0.306 e. The zero-order chi connectivity index (χ0) is 38.9. The number of ether oxygens (including phenoxy) is 2. The van der Waals surface area contributed by atoms with Crippen molar-refractivity contribution >= 4 is 58.3 Å². The summed E-state index contributed by atoms with van der Waals surface area (Å²) in [5.41, 5.74) is 5.49. The molecule has 54 heavy (non-hydrogen) atoms. The minimum atomic E-state index is -1.10. The van der Waals surface area contributed by atoms with Crippen LogP contribution in [0.1, 0.15) is 58.0 Å². The third kappa shape index (κ3) is 10.4. The van der Waals surface area contributed by atoms with E-state index in [2.05, 4.69) is 20.9 Å². The molecule has 1 heterocycles. The molecule has 7 N–H and O–H groups in total. The average Bonchev–Trinajstić information content (AvgIpc) is 3.52. The quantitative estimate of drug-likeness (QED) is 0.0631. The number of carboxylic acid groups (broad SMARTS) is 2. The fourth-order valence-corrected chi connectivity index (χ4v) is 6.96. The summed E-state index contributed by atoms with van der Waals surface area (Å²) in [7, 11) is 1.46. The molecule has 0 radical (unpaired) electrons. The van der Waals surface area contributed by atoms with Gasteiger partial charge in [-0.1, -0.05) is 71.2 Å². The third-order valence-corrected chi connectivity index (χ3v) is 9.73. The molecule has 1 aliphatic rings. The van der Waals surface area contributed by atoms with Crippen molar-refractivity contribution in [2.45, 2.75) is 57.1 Å². The number of aromatic nitrogens is 1. The summed E-state index contributed by atoms with van der Waals surface area (Å²) in [5, 5.41) is 47.0. The molecular formula is C38H39Cl3N4O9. The molecule has 1 aliphatic carbocycles. The first-order valence-electron chi connectivity index (χ1n) is 17.0. The van der Waals surface area contributed by atoms with Gasteiger partial charge in [-0.25, -0.2) is 0 Å². The van der Waals surface area contributed by atoms with Crippen molar-refractivity contribution in [2.75, 3.05) is 25.5 Å². The molecule has 0 aliphatic heterocycles. The highest BCUT2D eigenvalue weighted by atomic mass is 35.5. The number of aliphatic carboxylic acids is 2. The number of aliphatic hydroxyl groups excluding tert-OH is 2. The van der Waals surface area contributed by atoms with Crippen molar-refractivity contribution in [3.8, 4) is 22.9 Å². The second-order valence-electron chi connectivity index (χ2n) is 12.7. The Morgan fingerprint density at radius 2 is 1.48 bits per heavy atom. The number of carboxylic acids is 2. The number of nitrogens with zero attached hydrogens (tertiary/aromatic N) is 1. The number of rotatable bonds is 18. The van der Waals surface area contributed by atoms with Crippen LogP contribution in [0.4, 0.5) is 5.69 Å². The summed E-state index contributed by atoms with van der Waals surface area (Å²) in [4.78, 5) is 39.5. The first-order chi connectivity index (χ1) is 25.8. The molecule has 0 bridgehead atoms. The average molecular weight is 802 g/mol. The number of fused-ring (bicyclic) bond motifs is 1. The summed E-state index contributed by atoms with van der Waals surface area (Å²) in [6.45, 7) is 0.649. The molecule has 3 aromatic carbocycles. The van der Waals surface area contributed by atoms with Crippen LogP contribution >= 0.6 is 34.8 Å². The molecule has 13 nitrogen and oxygen atoms in total. The van der Waals surface area contributed by atoms with E-state index in [4.69, 9.17) is 54.5 Å². The Hall–Kier alpha value is -4.47. The van der Waals surface area contributed by atoms with Crippen LogP contribution in [0.5, 0.6) is 11.8 Å². The monoisotopic (exact) mass is 800 g/mol. The van der Waals surface area contributed by atoms with E-state index in [9.17, 15) is 24.6 Å². The first kappa shape index (κ1) is 40.7. The molecule has 4 aromatic rings. The number of nitrogens with one attached hydrogen (secondary N) is 3. The lowest BCUT2D eigenvalue weighted by molar-refractivity contribution is -0.140. The summed E-state index contributed by atoms with van der Waals surface area (Å²) in [5.74, 6) is -2.17. The molecule has 1 amide bonds. The van der Waals surface area contributed by atoms with E-state index < -0.39 is 30.1 Å². The van der Waals surface area contributed by atoms with Crippen LogP contribution in [0, 0.1) is 0 Å². The molecule has 0 unspecified atom stereocenters. The number of halogens is 3. The second kappa shape index (κ2) is 18.7. The van der Waals surface area contributed by atoms with Gasteiger partial charge in [-0.15, -0.1) is 0 Å². The van der Waals surface area contributed by atoms with Gasteiger partial charge in [0.1, 0.15) is 11.1 Å². The Balaban J connectivity index is 1.27. The molecule has 3 atom stereocenters. The standard InChI is InChI=1S/C38H39Cl3N4O9/c1-53-37-21(17-43-19-24(47)15-34(50)51)12-31(40)38(45-37)54-32-11-10-26-25(4-2-5-27(26)32)28-6-3-7-29(35(28)41)36(52)44-22-9-8-20(30(39)13-22)16-42-18-23(46)14-33(48)49/h2-9,12-13,23-24,32,42-43,46-47H,10-11,14-19H2,1H3,(H,44,52)(H,48,49)(H,50,51)/t23-,24-,32-/m0/s1. The largest absolute Gasteiger partial charge is 0.481 e. The van der Waals surface area contributed by atoms with E-state index in [-0.39, 0.29) is 72.5 Å². The Labute approximate surface area is 326 Å². The van der Waals surface area contributed by atoms with E-state index in [1.807, 2.05) is 24.3 Å². The fourth-order valence-electron chi connectivity index (χ4n) is 6.18.